The van der Waals surface area contributed by atoms with Gasteiger partial charge >= 0.3 is 0 Å². The van der Waals surface area contributed by atoms with Crippen LogP contribution in [0.15, 0.2) is 23.3 Å². The number of aromatic nitrogens is 1. The molecule has 0 unspecified atom stereocenters. The molecule has 0 radical (unpaired) electrons. The van der Waals surface area contributed by atoms with Gasteiger partial charge in [-0.2, -0.15) is 5.26 Å². The van der Waals surface area contributed by atoms with Crippen molar-refractivity contribution in [3.05, 3.63) is 23.5 Å². The minimum atomic E-state index is 0.136. The number of halogens is 1. The quantitative estimate of drug-likeness (QED) is 0.117. The number of hydrazine groups is 1. The van der Waals surface area contributed by atoms with E-state index in [1.54, 1.807) is 18.3 Å². The van der Waals surface area contributed by atoms with E-state index in [1.807, 2.05) is 0 Å². The standard InChI is InChI=1S/C7H7ClN6/c8-6-2-1-5(3-11-6)13-7(14-10)12-4-9/h1-3H,10H2,(H2,12,13,14). The Morgan fingerprint density at radius 3 is 2.93 bits per heavy atom. The molecule has 1 aromatic heterocycles. The summed E-state index contributed by atoms with van der Waals surface area (Å²) < 4.78 is 0. The first-order chi connectivity index (χ1) is 6.76. The molecule has 0 saturated carbocycles. The van der Waals surface area contributed by atoms with Crippen molar-refractivity contribution in [2.24, 2.45) is 10.8 Å². The molecule has 0 atom stereocenters. The van der Waals surface area contributed by atoms with Crippen molar-refractivity contribution in [3.8, 4) is 6.19 Å². The highest BCUT2D eigenvalue weighted by Crippen LogP contribution is 2.12. The van der Waals surface area contributed by atoms with E-state index in [1.165, 1.54) is 6.20 Å². The number of hydrogen-bond donors (Lipinski definition) is 3. The highest BCUT2D eigenvalue weighted by Gasteiger charge is 1.95. The molecule has 0 aliphatic rings. The smallest absolute Gasteiger partial charge is 0.224 e. The first-order valence-electron chi connectivity index (χ1n) is 3.58. The van der Waals surface area contributed by atoms with Crippen LogP contribution in [0.1, 0.15) is 0 Å². The summed E-state index contributed by atoms with van der Waals surface area (Å²) in [6, 6.07) is 3.23. The second kappa shape index (κ2) is 5.01. The van der Waals surface area contributed by atoms with Crippen molar-refractivity contribution in [3.63, 3.8) is 0 Å². The van der Waals surface area contributed by atoms with E-state index in [0.717, 1.165) is 0 Å². The summed E-state index contributed by atoms with van der Waals surface area (Å²) >= 11 is 5.58. The van der Waals surface area contributed by atoms with Gasteiger partial charge in [0.25, 0.3) is 0 Å². The van der Waals surface area contributed by atoms with Gasteiger partial charge in [0.15, 0.2) is 6.19 Å². The molecule has 1 heterocycles. The maximum Gasteiger partial charge on any atom is 0.224 e. The average molecular weight is 211 g/mol. The van der Waals surface area contributed by atoms with Gasteiger partial charge in [-0.15, -0.1) is 0 Å². The third-order valence-corrected chi connectivity index (χ3v) is 1.49. The Labute approximate surface area is 85.4 Å². The molecule has 4 N–H and O–H groups in total. The number of guanidine groups is 1. The predicted molar refractivity (Wildman–Crippen MR) is 52.4 cm³/mol. The van der Waals surface area contributed by atoms with Gasteiger partial charge in [0.05, 0.1) is 11.9 Å². The van der Waals surface area contributed by atoms with Crippen LogP contribution in [-0.2, 0) is 0 Å². The molecule has 0 aliphatic heterocycles. The molecular weight excluding hydrogens is 204 g/mol. The average Bonchev–Trinajstić information content (AvgIpc) is 2.20. The molecule has 72 valence electrons. The van der Waals surface area contributed by atoms with Crippen molar-refractivity contribution >= 4 is 23.2 Å². The van der Waals surface area contributed by atoms with Gasteiger partial charge in [0, 0.05) is 0 Å². The van der Waals surface area contributed by atoms with Crippen molar-refractivity contribution in [2.75, 3.05) is 0 Å². The first-order valence-corrected chi connectivity index (χ1v) is 3.96. The highest BCUT2D eigenvalue weighted by atomic mass is 35.5. The third-order valence-electron chi connectivity index (χ3n) is 1.26. The van der Waals surface area contributed by atoms with E-state index < -0.39 is 0 Å². The Hall–Kier alpha value is -1.84. The van der Waals surface area contributed by atoms with E-state index in [0.29, 0.717) is 10.8 Å². The van der Waals surface area contributed by atoms with Crippen LogP contribution in [0.25, 0.3) is 0 Å². The molecule has 1 rings (SSSR count). The lowest BCUT2D eigenvalue weighted by Crippen LogP contribution is -2.38. The Balaban J connectivity index is 2.84. The second-order valence-corrected chi connectivity index (χ2v) is 2.57. The topological polar surface area (TPSA) is 99.1 Å². The lowest BCUT2D eigenvalue weighted by Gasteiger charge is -2.00. The fourth-order valence-corrected chi connectivity index (χ4v) is 0.824. The van der Waals surface area contributed by atoms with E-state index >= 15 is 0 Å². The lowest BCUT2D eigenvalue weighted by molar-refractivity contribution is 0.968. The molecule has 0 spiro atoms. The maximum absolute atomic E-state index is 8.32. The van der Waals surface area contributed by atoms with Crippen LogP contribution < -0.4 is 16.6 Å². The molecule has 1 aromatic rings. The largest absolute Gasteiger partial charge is 0.293 e. The fraction of sp³-hybridized carbons (Fsp3) is 0. The van der Waals surface area contributed by atoms with Crippen molar-refractivity contribution < 1.29 is 0 Å². The van der Waals surface area contributed by atoms with Gasteiger partial charge in [0.1, 0.15) is 5.15 Å². The van der Waals surface area contributed by atoms with Gasteiger partial charge in [0.2, 0.25) is 5.96 Å². The number of nitriles is 1. The van der Waals surface area contributed by atoms with Crippen LogP contribution in [0, 0.1) is 11.5 Å². The van der Waals surface area contributed by atoms with Gasteiger partial charge < -0.3 is 0 Å². The number of hydrogen-bond acceptors (Lipinski definition) is 4. The molecule has 0 saturated heterocycles. The predicted octanol–water partition coefficient (Wildman–Crippen LogP) is 0.256. The second-order valence-electron chi connectivity index (χ2n) is 2.18. The summed E-state index contributed by atoms with van der Waals surface area (Å²) in [5.41, 5.74) is 2.75. The molecule has 0 amide bonds. The van der Waals surface area contributed by atoms with Crippen molar-refractivity contribution in [1.82, 2.24) is 15.7 Å². The molecule has 14 heavy (non-hydrogen) atoms. The normalized spacial score (nSPS) is 10.5. The minimum Gasteiger partial charge on any atom is -0.293 e. The van der Waals surface area contributed by atoms with Crippen LogP contribution in [0.4, 0.5) is 5.69 Å². The van der Waals surface area contributed by atoms with Gasteiger partial charge in [-0.1, -0.05) is 11.6 Å². The molecule has 0 aromatic carbocycles. The fourth-order valence-electron chi connectivity index (χ4n) is 0.713. The summed E-state index contributed by atoms with van der Waals surface area (Å²) in [6.07, 6.45) is 3.14. The summed E-state index contributed by atoms with van der Waals surface area (Å²) in [5.74, 6) is 5.23. The Morgan fingerprint density at radius 1 is 1.64 bits per heavy atom. The molecule has 6 nitrogen and oxygen atoms in total. The van der Waals surface area contributed by atoms with Crippen LogP contribution in [0.3, 0.4) is 0 Å². The van der Waals surface area contributed by atoms with Gasteiger partial charge in [-0.05, 0) is 12.1 Å². The van der Waals surface area contributed by atoms with Crippen LogP contribution in [0.5, 0.6) is 0 Å². The van der Waals surface area contributed by atoms with Crippen molar-refractivity contribution in [1.29, 1.82) is 5.26 Å². The SMILES string of the molecule is N#CNC(=Nc1ccc(Cl)nc1)NN. The first kappa shape index (κ1) is 10.2. The Kier molecular flexibility index (Phi) is 3.67. The van der Waals surface area contributed by atoms with Gasteiger partial charge in [-0.25, -0.2) is 15.8 Å². The molecular formula is C7H7ClN6. The zero-order valence-electron chi connectivity index (χ0n) is 7.03. The Bertz CT molecular complexity index is 365. The van der Waals surface area contributed by atoms with E-state index in [9.17, 15) is 0 Å². The lowest BCUT2D eigenvalue weighted by atomic mass is 10.4. The zero-order chi connectivity index (χ0) is 10.4. The monoisotopic (exact) mass is 210 g/mol. The number of aliphatic imine (C=N–C) groups is 1. The number of rotatable bonds is 1. The summed E-state index contributed by atoms with van der Waals surface area (Å²) in [6.45, 7) is 0. The number of pyridine rings is 1. The summed E-state index contributed by atoms with van der Waals surface area (Å²) in [4.78, 5) is 7.74. The molecule has 7 heteroatoms. The maximum atomic E-state index is 8.32. The Morgan fingerprint density at radius 2 is 2.43 bits per heavy atom. The molecule has 0 fully saturated rings. The minimum absolute atomic E-state index is 0.136. The van der Waals surface area contributed by atoms with E-state index in [4.69, 9.17) is 22.7 Å². The summed E-state index contributed by atoms with van der Waals surface area (Å²) in [5, 5.41) is 10.9. The van der Waals surface area contributed by atoms with Crippen LogP contribution >= 0.6 is 11.6 Å². The van der Waals surface area contributed by atoms with Crippen LogP contribution in [0.2, 0.25) is 5.15 Å². The van der Waals surface area contributed by atoms with Crippen LogP contribution in [-0.4, -0.2) is 10.9 Å². The highest BCUT2D eigenvalue weighted by molar-refractivity contribution is 6.29. The van der Waals surface area contributed by atoms with E-state index in [-0.39, 0.29) is 5.96 Å². The number of nitrogens with zero attached hydrogens (tertiary/aromatic N) is 3. The number of nitrogens with two attached hydrogens (primary N) is 1. The third kappa shape index (κ3) is 2.90. The molecule has 0 bridgehead atoms. The summed E-state index contributed by atoms with van der Waals surface area (Å²) in [7, 11) is 0. The molecule has 0 aliphatic carbocycles. The van der Waals surface area contributed by atoms with Gasteiger partial charge in [-0.3, -0.25) is 10.7 Å². The van der Waals surface area contributed by atoms with Crippen molar-refractivity contribution in [2.45, 2.75) is 0 Å². The number of nitrogens with one attached hydrogen (secondary N) is 2. The zero-order valence-corrected chi connectivity index (χ0v) is 7.78. The van der Waals surface area contributed by atoms with E-state index in [2.05, 4.69) is 20.7 Å².